The molecule has 4 nitrogen and oxygen atoms in total. The Labute approximate surface area is 146 Å². The van der Waals surface area contributed by atoms with Crippen molar-refractivity contribution in [3.05, 3.63) is 82.4 Å². The number of hydrogen-bond donors (Lipinski definition) is 1. The molecule has 0 spiro atoms. The smallest absolute Gasteiger partial charge is 0.258 e. The van der Waals surface area contributed by atoms with Gasteiger partial charge >= 0.3 is 0 Å². The minimum absolute atomic E-state index is 0.0648. The quantitative estimate of drug-likeness (QED) is 0.795. The highest BCUT2D eigenvalue weighted by Crippen LogP contribution is 2.26. The second-order valence-corrected chi connectivity index (χ2v) is 6.48. The van der Waals surface area contributed by atoms with E-state index in [9.17, 15) is 4.79 Å². The van der Waals surface area contributed by atoms with Crippen molar-refractivity contribution in [2.75, 3.05) is 13.1 Å². The summed E-state index contributed by atoms with van der Waals surface area (Å²) in [6.07, 6.45) is 3.29. The van der Waals surface area contributed by atoms with Crippen molar-refractivity contribution in [3.8, 4) is 0 Å². The third kappa shape index (κ3) is 3.13. The fourth-order valence-corrected chi connectivity index (χ4v) is 3.43. The maximum Gasteiger partial charge on any atom is 0.258 e. The standard InChI is InChI=1S/C21H21N3O/c1-15(20-22-19-10-6-5-9-18(19)21(25)23-20)24-13-11-17(12-14-24)16-7-3-2-4-8-16/h2-11,15H,12-14H2,1H3,(H,22,23,25)/t15-/m1/s1. The first kappa shape index (κ1) is 15.8. The van der Waals surface area contributed by atoms with Gasteiger partial charge in [0.25, 0.3) is 5.56 Å². The first-order valence-corrected chi connectivity index (χ1v) is 8.70. The topological polar surface area (TPSA) is 49.0 Å². The maximum atomic E-state index is 12.3. The first-order chi connectivity index (χ1) is 12.2. The van der Waals surface area contributed by atoms with Crippen LogP contribution in [0, 0.1) is 0 Å². The Morgan fingerprint density at radius 1 is 1.08 bits per heavy atom. The number of H-pyrrole nitrogens is 1. The molecular weight excluding hydrogens is 310 g/mol. The molecule has 1 aliphatic rings. The van der Waals surface area contributed by atoms with Crippen LogP contribution in [0.5, 0.6) is 0 Å². The van der Waals surface area contributed by atoms with Gasteiger partial charge < -0.3 is 4.98 Å². The van der Waals surface area contributed by atoms with Gasteiger partial charge in [-0.3, -0.25) is 9.69 Å². The molecular formula is C21H21N3O. The second-order valence-electron chi connectivity index (χ2n) is 6.48. The van der Waals surface area contributed by atoms with E-state index in [1.54, 1.807) is 0 Å². The SMILES string of the molecule is C[C@H](c1nc2ccccc2c(=O)[nH]1)N1CC=C(c2ccccc2)CC1. The van der Waals surface area contributed by atoms with Gasteiger partial charge in [-0.1, -0.05) is 48.5 Å². The van der Waals surface area contributed by atoms with Gasteiger partial charge in [0.05, 0.1) is 16.9 Å². The summed E-state index contributed by atoms with van der Waals surface area (Å²) < 4.78 is 0. The van der Waals surface area contributed by atoms with Crippen LogP contribution in [0.1, 0.15) is 30.8 Å². The van der Waals surface area contributed by atoms with Crippen LogP contribution in [0.4, 0.5) is 0 Å². The molecule has 4 rings (SSSR count). The molecule has 0 amide bonds. The average molecular weight is 331 g/mol. The maximum absolute atomic E-state index is 12.3. The molecule has 1 atom stereocenters. The summed E-state index contributed by atoms with van der Waals surface area (Å²) in [4.78, 5) is 22.3. The Balaban J connectivity index is 1.57. The van der Waals surface area contributed by atoms with E-state index in [4.69, 9.17) is 0 Å². The van der Waals surface area contributed by atoms with Crippen LogP contribution in [-0.2, 0) is 0 Å². The summed E-state index contributed by atoms with van der Waals surface area (Å²) in [5.41, 5.74) is 3.38. The lowest BCUT2D eigenvalue weighted by molar-refractivity contribution is 0.225. The number of rotatable bonds is 3. The molecule has 0 aliphatic carbocycles. The van der Waals surface area contributed by atoms with Gasteiger partial charge in [0, 0.05) is 13.1 Å². The predicted octanol–water partition coefficient (Wildman–Crippen LogP) is 3.77. The number of fused-ring (bicyclic) bond motifs is 1. The summed E-state index contributed by atoms with van der Waals surface area (Å²) in [5, 5.41) is 0.642. The Kier molecular flexibility index (Phi) is 4.20. The minimum atomic E-state index is -0.0648. The van der Waals surface area contributed by atoms with Crippen molar-refractivity contribution in [1.29, 1.82) is 0 Å². The highest BCUT2D eigenvalue weighted by molar-refractivity contribution is 5.77. The minimum Gasteiger partial charge on any atom is -0.309 e. The fourth-order valence-electron chi connectivity index (χ4n) is 3.43. The van der Waals surface area contributed by atoms with Crippen molar-refractivity contribution in [2.45, 2.75) is 19.4 Å². The second kappa shape index (κ2) is 6.65. The van der Waals surface area contributed by atoms with E-state index in [2.05, 4.69) is 52.1 Å². The van der Waals surface area contributed by atoms with Gasteiger partial charge in [-0.15, -0.1) is 0 Å². The lowest BCUT2D eigenvalue weighted by Crippen LogP contribution is -2.33. The Morgan fingerprint density at radius 3 is 2.60 bits per heavy atom. The lowest BCUT2D eigenvalue weighted by atomic mass is 9.99. The van der Waals surface area contributed by atoms with Crippen LogP contribution in [0.25, 0.3) is 16.5 Å². The molecule has 2 heterocycles. The lowest BCUT2D eigenvalue weighted by Gasteiger charge is -2.31. The number of nitrogens with one attached hydrogen (secondary N) is 1. The number of hydrogen-bond acceptors (Lipinski definition) is 3. The van der Waals surface area contributed by atoms with Crippen LogP contribution >= 0.6 is 0 Å². The predicted molar refractivity (Wildman–Crippen MR) is 101 cm³/mol. The highest BCUT2D eigenvalue weighted by atomic mass is 16.1. The van der Waals surface area contributed by atoms with Crippen LogP contribution < -0.4 is 5.56 Å². The van der Waals surface area contributed by atoms with Gasteiger partial charge in [-0.25, -0.2) is 4.98 Å². The zero-order chi connectivity index (χ0) is 17.2. The summed E-state index contributed by atoms with van der Waals surface area (Å²) in [5.74, 6) is 0.736. The number of para-hydroxylation sites is 1. The molecule has 25 heavy (non-hydrogen) atoms. The number of aromatic nitrogens is 2. The molecule has 0 saturated heterocycles. The monoisotopic (exact) mass is 331 g/mol. The Hall–Kier alpha value is -2.72. The third-order valence-corrected chi connectivity index (χ3v) is 4.96. The van der Waals surface area contributed by atoms with E-state index in [0.717, 1.165) is 30.9 Å². The zero-order valence-corrected chi connectivity index (χ0v) is 14.3. The van der Waals surface area contributed by atoms with Crippen LogP contribution in [0.3, 0.4) is 0 Å². The third-order valence-electron chi connectivity index (χ3n) is 4.96. The molecule has 0 saturated carbocycles. The summed E-state index contributed by atoms with van der Waals surface area (Å²) >= 11 is 0. The summed E-state index contributed by atoms with van der Waals surface area (Å²) in [6, 6.07) is 18.1. The molecule has 4 heteroatoms. The van der Waals surface area contributed by atoms with Gasteiger partial charge in [-0.05, 0) is 36.6 Å². The molecule has 1 aromatic heterocycles. The Morgan fingerprint density at radius 2 is 1.84 bits per heavy atom. The molecule has 0 radical (unpaired) electrons. The van der Waals surface area contributed by atoms with Crippen molar-refractivity contribution in [1.82, 2.24) is 14.9 Å². The van der Waals surface area contributed by atoms with E-state index in [1.165, 1.54) is 11.1 Å². The largest absolute Gasteiger partial charge is 0.309 e. The molecule has 1 aliphatic heterocycles. The molecule has 0 bridgehead atoms. The van der Waals surface area contributed by atoms with Gasteiger partial charge in [0.15, 0.2) is 0 Å². The molecule has 3 aromatic rings. The van der Waals surface area contributed by atoms with E-state index in [-0.39, 0.29) is 11.6 Å². The van der Waals surface area contributed by atoms with Gasteiger partial charge in [0.2, 0.25) is 0 Å². The van der Waals surface area contributed by atoms with Crippen LogP contribution in [0.2, 0.25) is 0 Å². The summed E-state index contributed by atoms with van der Waals surface area (Å²) in [7, 11) is 0. The first-order valence-electron chi connectivity index (χ1n) is 8.70. The molecule has 1 N–H and O–H groups in total. The number of benzene rings is 2. The van der Waals surface area contributed by atoms with Crippen LogP contribution in [0.15, 0.2) is 65.5 Å². The normalized spacial score (nSPS) is 16.6. The summed E-state index contributed by atoms with van der Waals surface area (Å²) in [6.45, 7) is 3.93. The van der Waals surface area contributed by atoms with Crippen LogP contribution in [-0.4, -0.2) is 28.0 Å². The van der Waals surface area contributed by atoms with Crippen molar-refractivity contribution < 1.29 is 0 Å². The van der Waals surface area contributed by atoms with E-state index in [1.807, 2.05) is 30.3 Å². The molecule has 0 fully saturated rings. The average Bonchev–Trinajstić information content (AvgIpc) is 2.68. The molecule has 0 unspecified atom stereocenters. The van der Waals surface area contributed by atoms with Crippen molar-refractivity contribution in [2.24, 2.45) is 0 Å². The number of nitrogens with zero attached hydrogens (tertiary/aromatic N) is 2. The zero-order valence-electron chi connectivity index (χ0n) is 14.3. The van der Waals surface area contributed by atoms with Gasteiger partial charge in [-0.2, -0.15) is 0 Å². The fraction of sp³-hybridized carbons (Fsp3) is 0.238. The molecule has 2 aromatic carbocycles. The van der Waals surface area contributed by atoms with Crippen molar-refractivity contribution >= 4 is 16.5 Å². The van der Waals surface area contributed by atoms with E-state index in [0.29, 0.717) is 5.39 Å². The van der Waals surface area contributed by atoms with Crippen molar-refractivity contribution in [3.63, 3.8) is 0 Å². The molecule has 126 valence electrons. The van der Waals surface area contributed by atoms with E-state index < -0.39 is 0 Å². The Bertz CT molecular complexity index is 975. The van der Waals surface area contributed by atoms with E-state index >= 15 is 0 Å². The highest BCUT2D eigenvalue weighted by Gasteiger charge is 2.21. The van der Waals surface area contributed by atoms with Gasteiger partial charge in [0.1, 0.15) is 5.82 Å². The number of aromatic amines is 1.